The average Bonchev–Trinajstić information content (AvgIpc) is 2.55. The number of hydrogen-bond acceptors (Lipinski definition) is 2. The molecule has 4 nitrogen and oxygen atoms in total. The number of halogens is 1. The summed E-state index contributed by atoms with van der Waals surface area (Å²) in [6, 6.07) is 10.3. The van der Waals surface area contributed by atoms with Crippen molar-refractivity contribution < 1.29 is 14.0 Å². The van der Waals surface area contributed by atoms with Gasteiger partial charge in [-0.2, -0.15) is 0 Å². The molecule has 2 amide bonds. The molecule has 1 atom stereocenters. The molecular weight excluding hydrogens is 319 g/mol. The number of aryl methyl sites for hydroxylation is 2. The van der Waals surface area contributed by atoms with Gasteiger partial charge in [-0.1, -0.05) is 31.5 Å². The maximum Gasteiger partial charge on any atom is 0.251 e. The number of carbonyl (C=O) groups excluding carboxylic acids is 2. The summed E-state index contributed by atoms with van der Waals surface area (Å²) in [4.78, 5) is 25.0. The van der Waals surface area contributed by atoms with Crippen LogP contribution in [0.3, 0.4) is 0 Å². The summed E-state index contributed by atoms with van der Waals surface area (Å²) in [5.41, 5.74) is 3.10. The maximum absolute atomic E-state index is 13.0. The zero-order chi connectivity index (χ0) is 18.6. The second-order valence-corrected chi connectivity index (χ2v) is 6.51. The Morgan fingerprint density at radius 2 is 1.64 bits per heavy atom. The summed E-state index contributed by atoms with van der Waals surface area (Å²) < 4.78 is 13.0. The molecule has 0 radical (unpaired) electrons. The minimum absolute atomic E-state index is 0.102. The van der Waals surface area contributed by atoms with Crippen molar-refractivity contribution in [3.63, 3.8) is 0 Å². The SMILES string of the molecule is Cc1ccc(NC(=O)C(NC(=O)c2ccc(F)cc2)C(C)C)c(C)c1. The molecule has 0 aliphatic heterocycles. The monoisotopic (exact) mass is 342 g/mol. The Morgan fingerprint density at radius 3 is 2.20 bits per heavy atom. The summed E-state index contributed by atoms with van der Waals surface area (Å²) in [6.45, 7) is 7.62. The Labute approximate surface area is 147 Å². The van der Waals surface area contributed by atoms with Crippen LogP contribution in [-0.2, 0) is 4.79 Å². The lowest BCUT2D eigenvalue weighted by Crippen LogP contribution is -2.47. The van der Waals surface area contributed by atoms with E-state index >= 15 is 0 Å². The average molecular weight is 342 g/mol. The molecule has 25 heavy (non-hydrogen) atoms. The van der Waals surface area contributed by atoms with Crippen LogP contribution in [0.15, 0.2) is 42.5 Å². The van der Waals surface area contributed by atoms with Gasteiger partial charge in [0, 0.05) is 11.3 Å². The van der Waals surface area contributed by atoms with E-state index < -0.39 is 17.8 Å². The molecule has 0 aliphatic rings. The first-order valence-electron chi connectivity index (χ1n) is 8.22. The van der Waals surface area contributed by atoms with Gasteiger partial charge >= 0.3 is 0 Å². The Balaban J connectivity index is 2.12. The molecule has 0 bridgehead atoms. The van der Waals surface area contributed by atoms with E-state index in [0.717, 1.165) is 16.8 Å². The summed E-state index contributed by atoms with van der Waals surface area (Å²) in [6.07, 6.45) is 0. The van der Waals surface area contributed by atoms with Gasteiger partial charge in [-0.15, -0.1) is 0 Å². The summed E-state index contributed by atoms with van der Waals surface area (Å²) in [7, 11) is 0. The van der Waals surface area contributed by atoms with Crippen LogP contribution in [0.1, 0.15) is 35.3 Å². The van der Waals surface area contributed by atoms with E-state index in [1.807, 2.05) is 45.9 Å². The van der Waals surface area contributed by atoms with Gasteiger partial charge in [0.15, 0.2) is 0 Å². The molecule has 2 aromatic rings. The molecule has 1 unspecified atom stereocenters. The molecule has 5 heteroatoms. The lowest BCUT2D eigenvalue weighted by molar-refractivity contribution is -0.118. The first-order valence-corrected chi connectivity index (χ1v) is 8.22. The number of amides is 2. The van der Waals surface area contributed by atoms with E-state index in [0.29, 0.717) is 5.56 Å². The highest BCUT2D eigenvalue weighted by Crippen LogP contribution is 2.17. The minimum Gasteiger partial charge on any atom is -0.340 e. The van der Waals surface area contributed by atoms with E-state index in [1.54, 1.807) is 0 Å². The predicted octanol–water partition coefficient (Wildman–Crippen LogP) is 3.84. The van der Waals surface area contributed by atoms with Crippen LogP contribution in [-0.4, -0.2) is 17.9 Å². The number of benzene rings is 2. The van der Waals surface area contributed by atoms with Gasteiger partial charge in [-0.3, -0.25) is 9.59 Å². The van der Waals surface area contributed by atoms with Crippen molar-refractivity contribution in [3.8, 4) is 0 Å². The molecule has 0 spiro atoms. The molecule has 0 heterocycles. The summed E-state index contributed by atoms with van der Waals surface area (Å²) >= 11 is 0. The first kappa shape index (κ1) is 18.6. The van der Waals surface area contributed by atoms with Crippen LogP contribution in [0.25, 0.3) is 0 Å². The first-order chi connectivity index (χ1) is 11.8. The van der Waals surface area contributed by atoms with E-state index in [1.165, 1.54) is 24.3 Å². The zero-order valence-electron chi connectivity index (χ0n) is 14.9. The second-order valence-electron chi connectivity index (χ2n) is 6.51. The van der Waals surface area contributed by atoms with Crippen LogP contribution in [0.5, 0.6) is 0 Å². The molecule has 0 saturated carbocycles. The normalized spacial score (nSPS) is 11.9. The van der Waals surface area contributed by atoms with E-state index in [4.69, 9.17) is 0 Å². The molecule has 0 saturated heterocycles. The van der Waals surface area contributed by atoms with Gasteiger partial charge in [0.2, 0.25) is 5.91 Å². The third kappa shape index (κ3) is 4.89. The van der Waals surface area contributed by atoms with E-state index in [-0.39, 0.29) is 11.8 Å². The fourth-order valence-corrected chi connectivity index (χ4v) is 2.53. The van der Waals surface area contributed by atoms with Gasteiger partial charge in [0.25, 0.3) is 5.91 Å². The Kier molecular flexibility index (Phi) is 5.91. The van der Waals surface area contributed by atoms with Crippen molar-refractivity contribution in [1.82, 2.24) is 5.32 Å². The minimum atomic E-state index is -0.696. The third-order valence-electron chi connectivity index (χ3n) is 3.98. The maximum atomic E-state index is 13.0. The number of hydrogen-bond donors (Lipinski definition) is 2. The smallest absolute Gasteiger partial charge is 0.251 e. The van der Waals surface area contributed by atoms with Gasteiger partial charge in [0.1, 0.15) is 11.9 Å². The Morgan fingerprint density at radius 1 is 1.00 bits per heavy atom. The summed E-state index contributed by atoms with van der Waals surface area (Å²) in [5.74, 6) is -1.20. The standard InChI is InChI=1S/C20H23FN2O2/c1-12(2)18(23-19(24)15-6-8-16(21)9-7-15)20(25)22-17-10-5-13(3)11-14(17)4/h5-12,18H,1-4H3,(H,22,25)(H,23,24). The number of carbonyl (C=O) groups is 2. The molecule has 2 N–H and O–H groups in total. The Bertz CT molecular complexity index is 770. The molecule has 0 aromatic heterocycles. The topological polar surface area (TPSA) is 58.2 Å². The molecule has 0 fully saturated rings. The largest absolute Gasteiger partial charge is 0.340 e. The zero-order valence-corrected chi connectivity index (χ0v) is 14.9. The van der Waals surface area contributed by atoms with Crippen molar-refractivity contribution >= 4 is 17.5 Å². The molecular formula is C20H23FN2O2. The van der Waals surface area contributed by atoms with Crippen LogP contribution in [0.4, 0.5) is 10.1 Å². The van der Waals surface area contributed by atoms with Gasteiger partial charge < -0.3 is 10.6 Å². The molecule has 2 rings (SSSR count). The number of anilines is 1. The highest BCUT2D eigenvalue weighted by atomic mass is 19.1. The highest BCUT2D eigenvalue weighted by Gasteiger charge is 2.25. The van der Waals surface area contributed by atoms with Gasteiger partial charge in [0.05, 0.1) is 0 Å². The lowest BCUT2D eigenvalue weighted by atomic mass is 10.0. The van der Waals surface area contributed by atoms with E-state index in [9.17, 15) is 14.0 Å². The van der Waals surface area contributed by atoms with Crippen LogP contribution in [0.2, 0.25) is 0 Å². The molecule has 132 valence electrons. The second kappa shape index (κ2) is 7.92. The third-order valence-corrected chi connectivity index (χ3v) is 3.98. The van der Waals surface area contributed by atoms with Crippen molar-refractivity contribution in [2.75, 3.05) is 5.32 Å². The van der Waals surface area contributed by atoms with Crippen molar-refractivity contribution in [1.29, 1.82) is 0 Å². The molecule has 2 aromatic carbocycles. The van der Waals surface area contributed by atoms with Crippen molar-refractivity contribution in [3.05, 3.63) is 65.0 Å². The Hall–Kier alpha value is -2.69. The van der Waals surface area contributed by atoms with Crippen LogP contribution >= 0.6 is 0 Å². The number of rotatable bonds is 5. The fourth-order valence-electron chi connectivity index (χ4n) is 2.53. The lowest BCUT2D eigenvalue weighted by Gasteiger charge is -2.22. The van der Waals surface area contributed by atoms with Gasteiger partial charge in [-0.25, -0.2) is 4.39 Å². The van der Waals surface area contributed by atoms with Crippen LogP contribution < -0.4 is 10.6 Å². The molecule has 0 aliphatic carbocycles. The van der Waals surface area contributed by atoms with Crippen molar-refractivity contribution in [2.45, 2.75) is 33.7 Å². The van der Waals surface area contributed by atoms with E-state index in [2.05, 4.69) is 10.6 Å². The predicted molar refractivity (Wildman–Crippen MR) is 97.0 cm³/mol. The quantitative estimate of drug-likeness (QED) is 0.867. The van der Waals surface area contributed by atoms with Gasteiger partial charge in [-0.05, 0) is 55.7 Å². The van der Waals surface area contributed by atoms with Crippen LogP contribution in [0, 0.1) is 25.6 Å². The number of nitrogens with one attached hydrogen (secondary N) is 2. The summed E-state index contributed by atoms with van der Waals surface area (Å²) in [5, 5.41) is 5.60. The van der Waals surface area contributed by atoms with Crippen molar-refractivity contribution in [2.24, 2.45) is 5.92 Å². The fraction of sp³-hybridized carbons (Fsp3) is 0.300. The highest BCUT2D eigenvalue weighted by molar-refractivity contribution is 6.01.